The number of nitrogens with zero attached hydrogens (tertiary/aromatic N) is 8. The molecule has 19 nitrogen and oxygen atoms in total. The number of likely N-dealkylation sites (tertiary alicyclic amines) is 2. The maximum atomic E-state index is 13.7. The summed E-state index contributed by atoms with van der Waals surface area (Å²) in [5.74, 6) is -5.77. The van der Waals surface area contributed by atoms with E-state index in [4.69, 9.17) is 25.4 Å². The molecule has 3 atom stereocenters. The van der Waals surface area contributed by atoms with E-state index in [1.165, 1.54) is 42.5 Å². The fourth-order valence-corrected chi connectivity index (χ4v) is 11.0. The van der Waals surface area contributed by atoms with Crippen LogP contribution in [0, 0.1) is 11.7 Å². The number of aryl methyl sites for hydroxylation is 1. The molecule has 4 aliphatic heterocycles. The number of nitrogens with two attached hydrogens (primary N) is 1. The van der Waals surface area contributed by atoms with Crippen LogP contribution in [0.15, 0.2) is 79.3 Å². The number of hydrogen-bond donors (Lipinski definition) is 3. The lowest BCUT2D eigenvalue weighted by molar-refractivity contribution is -0.136. The molecule has 3 aromatic carbocycles. The van der Waals surface area contributed by atoms with Crippen LogP contribution in [0.1, 0.15) is 83.9 Å². The summed E-state index contributed by atoms with van der Waals surface area (Å²) in [6.45, 7) is 7.39. The number of benzene rings is 3. The van der Waals surface area contributed by atoms with Crippen molar-refractivity contribution in [2.75, 3.05) is 56.3 Å². The number of rotatable bonds is 16. The molecule has 3 fully saturated rings. The number of anilines is 2. The number of piperidine rings is 3. The second-order valence-corrected chi connectivity index (χ2v) is 20.9. The van der Waals surface area contributed by atoms with E-state index in [-0.39, 0.29) is 53.2 Å². The molecule has 10 rings (SSSR count). The first-order chi connectivity index (χ1) is 35.5. The quantitative estimate of drug-likeness (QED) is 0.0924. The number of pyridine rings is 1. The van der Waals surface area contributed by atoms with Gasteiger partial charge in [0.1, 0.15) is 41.0 Å². The van der Waals surface area contributed by atoms with Crippen LogP contribution in [0.25, 0.3) is 33.3 Å². The van der Waals surface area contributed by atoms with Gasteiger partial charge in [-0.2, -0.15) is 19.0 Å². The zero-order chi connectivity index (χ0) is 52.0. The zero-order valence-corrected chi connectivity index (χ0v) is 41.4. The highest BCUT2D eigenvalue weighted by molar-refractivity contribution is 7.93. The maximum absolute atomic E-state index is 13.7. The number of amides is 4. The highest BCUT2D eigenvalue weighted by Gasteiger charge is 2.46. The summed E-state index contributed by atoms with van der Waals surface area (Å²) < 4.78 is 83.3. The average Bonchev–Trinajstić information content (AvgIpc) is 4.09. The number of carbonyl (C=O) groups excluding carboxylic acids is 4. The van der Waals surface area contributed by atoms with E-state index in [0.29, 0.717) is 40.1 Å². The molecule has 7 heterocycles. The van der Waals surface area contributed by atoms with Crippen molar-refractivity contribution >= 4 is 56.1 Å². The van der Waals surface area contributed by atoms with Crippen molar-refractivity contribution in [1.82, 2.24) is 44.6 Å². The smallest absolute Gasteiger partial charge is 0.355 e. The van der Waals surface area contributed by atoms with Gasteiger partial charge in [0.2, 0.25) is 11.8 Å². The fourth-order valence-electron chi connectivity index (χ4n) is 10.5. The number of nitrogens with one attached hydrogen (secondary N) is 2. The van der Waals surface area contributed by atoms with Gasteiger partial charge in [-0.15, -0.1) is 0 Å². The van der Waals surface area contributed by atoms with Crippen LogP contribution in [-0.4, -0.2) is 129 Å². The van der Waals surface area contributed by atoms with Gasteiger partial charge < -0.3 is 25.0 Å². The molecule has 74 heavy (non-hydrogen) atoms. The number of alkyl halides is 2. The normalized spacial score (nSPS) is 19.6. The predicted octanol–water partition coefficient (Wildman–Crippen LogP) is 6.15. The minimum absolute atomic E-state index is 0.0442. The molecule has 6 aromatic rings. The minimum atomic E-state index is -5.07. The Labute approximate surface area is 423 Å². The van der Waals surface area contributed by atoms with Gasteiger partial charge in [0, 0.05) is 81.2 Å². The Kier molecular flexibility index (Phi) is 13.9. The van der Waals surface area contributed by atoms with Gasteiger partial charge >= 0.3 is 5.76 Å². The number of ether oxygens (including phenoxy) is 2. The lowest BCUT2D eigenvalue weighted by Crippen LogP contribution is -2.54. The van der Waals surface area contributed by atoms with Crippen molar-refractivity contribution in [1.29, 1.82) is 0 Å². The summed E-state index contributed by atoms with van der Waals surface area (Å²) >= 11 is 0. The van der Waals surface area contributed by atoms with Crippen LogP contribution in [0.4, 0.5) is 24.7 Å². The second kappa shape index (κ2) is 20.5. The van der Waals surface area contributed by atoms with E-state index in [0.717, 1.165) is 81.0 Å². The first kappa shape index (κ1) is 50.2. The highest BCUT2D eigenvalue weighted by atomic mass is 32.2. The van der Waals surface area contributed by atoms with Crippen molar-refractivity contribution in [3.8, 4) is 33.9 Å². The number of nitrogen functional groups attached to an aromatic ring is 1. The van der Waals surface area contributed by atoms with Gasteiger partial charge in [-0.1, -0.05) is 24.3 Å². The molecular weight excluding hydrogens is 984 g/mol. The molecular formula is C51H54F3N11O8S. The van der Waals surface area contributed by atoms with E-state index in [2.05, 4.69) is 20.1 Å². The zero-order valence-electron chi connectivity index (χ0n) is 40.5. The van der Waals surface area contributed by atoms with E-state index in [1.807, 2.05) is 15.6 Å². The number of halogens is 3. The van der Waals surface area contributed by atoms with Crippen LogP contribution in [0.2, 0.25) is 0 Å². The molecule has 4 amide bonds. The Morgan fingerprint density at radius 3 is 2.42 bits per heavy atom. The van der Waals surface area contributed by atoms with E-state index in [9.17, 15) is 40.8 Å². The largest absolute Gasteiger partial charge is 0.492 e. The van der Waals surface area contributed by atoms with Crippen LogP contribution < -0.4 is 25.2 Å². The molecule has 0 saturated carbocycles. The molecule has 0 spiro atoms. The highest BCUT2D eigenvalue weighted by Crippen LogP contribution is 2.41. The van der Waals surface area contributed by atoms with Crippen LogP contribution in [-0.2, 0) is 26.7 Å². The third kappa shape index (κ3) is 10.0. The molecule has 3 aromatic heterocycles. The van der Waals surface area contributed by atoms with Crippen LogP contribution >= 0.6 is 0 Å². The second-order valence-electron chi connectivity index (χ2n) is 19.2. The first-order valence-corrected chi connectivity index (χ1v) is 26.0. The van der Waals surface area contributed by atoms with Gasteiger partial charge in [0.15, 0.2) is 0 Å². The summed E-state index contributed by atoms with van der Waals surface area (Å²) in [6, 6.07) is 13.8. The van der Waals surface area contributed by atoms with Crippen LogP contribution in [0.5, 0.6) is 11.5 Å². The van der Waals surface area contributed by atoms with Crippen molar-refractivity contribution in [2.24, 2.45) is 13.0 Å². The number of fused-ring (bicyclic) bond motifs is 2. The molecule has 4 aliphatic rings. The number of sulfonamides is 1. The van der Waals surface area contributed by atoms with E-state index >= 15 is 0 Å². The third-order valence-corrected chi connectivity index (χ3v) is 15.3. The van der Waals surface area contributed by atoms with E-state index < -0.39 is 57.4 Å². The lowest BCUT2D eigenvalue weighted by Gasteiger charge is -2.36. The van der Waals surface area contributed by atoms with Gasteiger partial charge in [-0.3, -0.25) is 43.5 Å². The topological polar surface area (TPSA) is 229 Å². The predicted molar refractivity (Wildman–Crippen MR) is 266 cm³/mol. The monoisotopic (exact) mass is 1040 g/mol. The average molecular weight is 1040 g/mol. The van der Waals surface area contributed by atoms with Gasteiger partial charge in [-0.05, 0) is 87.5 Å². The van der Waals surface area contributed by atoms with Crippen molar-refractivity contribution < 1.29 is 50.2 Å². The number of aromatic nitrogens is 5. The molecule has 23 heteroatoms. The maximum Gasteiger partial charge on any atom is 0.355 e. The summed E-state index contributed by atoms with van der Waals surface area (Å²) in [5.41, 5.74) is 10.2. The van der Waals surface area contributed by atoms with Gasteiger partial charge in [0.25, 0.3) is 21.8 Å². The molecule has 0 radical (unpaired) electrons. The Morgan fingerprint density at radius 1 is 0.892 bits per heavy atom. The van der Waals surface area contributed by atoms with E-state index in [1.54, 1.807) is 49.2 Å². The number of imide groups is 2. The Balaban J connectivity index is 0.764. The molecule has 3 saturated heterocycles. The Morgan fingerprint density at radius 2 is 1.66 bits per heavy atom. The van der Waals surface area contributed by atoms with Crippen molar-refractivity contribution in [3.63, 3.8) is 0 Å². The molecule has 0 bridgehead atoms. The summed E-state index contributed by atoms with van der Waals surface area (Å²) in [4.78, 5) is 61.6. The van der Waals surface area contributed by atoms with Gasteiger partial charge in [-0.25, -0.2) is 17.8 Å². The number of carbonyl (C=O) groups is 4. The summed E-state index contributed by atoms with van der Waals surface area (Å²) in [6.07, 6.45) is 8.57. The minimum Gasteiger partial charge on any atom is -0.492 e. The van der Waals surface area contributed by atoms with Crippen LogP contribution in [0.3, 0.4) is 0 Å². The Hall–Kier alpha value is -7.37. The van der Waals surface area contributed by atoms with Gasteiger partial charge in [0.05, 0.1) is 46.6 Å². The molecule has 2 unspecified atom stereocenters. The fraction of sp³-hybridized carbons (Fsp3) is 0.392. The van der Waals surface area contributed by atoms with Crippen molar-refractivity contribution in [3.05, 3.63) is 102 Å². The molecule has 0 aliphatic carbocycles. The summed E-state index contributed by atoms with van der Waals surface area (Å²) in [7, 11) is -3.31. The standard InChI is InChI=1S/C51H54F3N11O8S/c1-29(31-8-11-34(52)12-9-31)73-41-23-32(10-13-38(41)60-74(70,71)51(53)54)45-44-46(61(2)59-45)37(25-56-47(44)55)33-24-57-64(27-33)35-16-19-62(20-17-35)21-22-63-18-4-5-30(26-63)28-72-40-7-3-6-36-43(40)50(69)65(49(36)68)39-14-15-42(66)58-48(39)67/h3,6-13,23-25,27,29-30,35,39,51,60H,4-5,14-22,26,28H2,1-2H3,(H2,55,56)(H,58,66,67)/t29-,30?,39?/m0/s1. The van der Waals surface area contributed by atoms with Crippen molar-refractivity contribution in [2.45, 2.75) is 69.4 Å². The third-order valence-electron chi connectivity index (χ3n) is 14.4. The summed E-state index contributed by atoms with van der Waals surface area (Å²) in [5, 5.41) is 12.3. The molecule has 388 valence electrons. The first-order valence-electron chi connectivity index (χ1n) is 24.5. The molecule has 4 N–H and O–H groups in total. The number of hydrogen-bond acceptors (Lipinski definition) is 14. The Bertz CT molecular complexity index is 3270. The lowest BCUT2D eigenvalue weighted by atomic mass is 9.98. The SMILES string of the molecule is C[C@H](Oc1cc(-c2nn(C)c3c(-c4cnn(C5CCN(CCN6CCCC(COc7cccc8c7C(=O)N(C7CCC(=O)NC7=O)C8=O)C6)CC5)c4)cnc(N)c23)ccc1NS(=O)(=O)C(F)F)c1ccc(F)cc1.